The van der Waals surface area contributed by atoms with Crippen molar-refractivity contribution < 1.29 is 10.2 Å². The normalized spacial score (nSPS) is 11.1. The number of hydrogen-bond acceptors (Lipinski definition) is 2. The first-order valence-electron chi connectivity index (χ1n) is 7.01. The molecule has 112 valence electrons. The number of aromatic hydroxyl groups is 2. The predicted molar refractivity (Wildman–Crippen MR) is 95.9 cm³/mol. The molecule has 0 atom stereocenters. The average molecular weight is 396 g/mol. The van der Waals surface area contributed by atoms with Gasteiger partial charge in [0.2, 0.25) is 0 Å². The topological polar surface area (TPSA) is 40.5 Å². The van der Waals surface area contributed by atoms with E-state index in [4.69, 9.17) is 0 Å². The second-order valence-corrected chi connectivity index (χ2v) is 6.57. The molecule has 0 saturated carbocycles. The van der Waals surface area contributed by atoms with Crippen molar-refractivity contribution in [1.29, 1.82) is 0 Å². The number of phenolic OH excluding ortho intramolecular Hbond substituents is 2. The molecule has 0 aliphatic heterocycles. The summed E-state index contributed by atoms with van der Waals surface area (Å²) in [5.74, 6) is 0.909. The van der Waals surface area contributed by atoms with Crippen molar-refractivity contribution in [3.8, 4) is 11.5 Å². The van der Waals surface area contributed by atoms with Crippen molar-refractivity contribution >= 4 is 22.6 Å². The summed E-state index contributed by atoms with van der Waals surface area (Å²) in [6, 6.07) is 7.30. The maximum absolute atomic E-state index is 9.75. The van der Waals surface area contributed by atoms with E-state index in [0.717, 1.165) is 26.7 Å². The molecule has 0 aliphatic carbocycles. The summed E-state index contributed by atoms with van der Waals surface area (Å²) in [6.45, 7) is 8.19. The zero-order valence-electron chi connectivity index (χ0n) is 12.9. The van der Waals surface area contributed by atoms with Crippen LogP contribution in [-0.2, 0) is 0 Å². The van der Waals surface area contributed by atoms with E-state index in [2.05, 4.69) is 22.6 Å². The summed E-state index contributed by atoms with van der Waals surface area (Å²) in [6.07, 6.45) is 0. The van der Waals surface area contributed by atoms with Gasteiger partial charge in [0.1, 0.15) is 11.5 Å². The molecular weight excluding hydrogens is 375 g/mol. The van der Waals surface area contributed by atoms with Crippen LogP contribution in [0, 0.1) is 27.7 Å². The van der Waals surface area contributed by atoms with Crippen molar-refractivity contribution in [2.45, 2.75) is 33.6 Å². The summed E-state index contributed by atoms with van der Waals surface area (Å²) in [4.78, 5) is 0. The smallest absolute Gasteiger partial charge is 0.116 e. The lowest BCUT2D eigenvalue weighted by Crippen LogP contribution is -2.10. The Morgan fingerprint density at radius 2 is 1.05 bits per heavy atom. The first-order valence-corrected chi connectivity index (χ1v) is 8.54. The third-order valence-electron chi connectivity index (χ3n) is 4.01. The molecule has 0 heterocycles. The molecule has 2 N–H and O–H groups in total. The number of phenols is 2. The van der Waals surface area contributed by atoms with Gasteiger partial charge >= 0.3 is 0 Å². The summed E-state index contributed by atoms with van der Waals surface area (Å²) in [7, 11) is 0. The van der Waals surface area contributed by atoms with Gasteiger partial charge < -0.3 is 10.2 Å². The summed E-state index contributed by atoms with van der Waals surface area (Å²) in [5.41, 5.74) is 7.00. The Balaban J connectivity index is 2.66. The van der Waals surface area contributed by atoms with Crippen LogP contribution in [0.25, 0.3) is 0 Å². The molecule has 2 nitrogen and oxygen atoms in total. The van der Waals surface area contributed by atoms with Gasteiger partial charge in [0, 0.05) is 10.3 Å². The largest absolute Gasteiger partial charge is 0.508 e. The van der Waals surface area contributed by atoms with Gasteiger partial charge in [0.25, 0.3) is 0 Å². The van der Waals surface area contributed by atoms with Crippen LogP contribution < -0.4 is 0 Å². The zero-order chi connectivity index (χ0) is 15.7. The number of rotatable bonds is 3. The first-order chi connectivity index (χ1) is 9.85. The SMILES string of the molecule is Cc1cc(O)cc(C)c1C(CI)c1c(C)cc(O)cc1C. The highest BCUT2D eigenvalue weighted by Crippen LogP contribution is 2.37. The highest BCUT2D eigenvalue weighted by Gasteiger charge is 2.21. The summed E-state index contributed by atoms with van der Waals surface area (Å²) >= 11 is 2.42. The molecule has 0 aromatic heterocycles. The van der Waals surface area contributed by atoms with Crippen LogP contribution in [0.5, 0.6) is 11.5 Å². The highest BCUT2D eigenvalue weighted by atomic mass is 127. The van der Waals surface area contributed by atoms with E-state index in [0.29, 0.717) is 11.5 Å². The molecule has 0 aliphatic rings. The number of hydrogen-bond donors (Lipinski definition) is 2. The molecule has 2 aromatic carbocycles. The Hall–Kier alpha value is -1.23. The Morgan fingerprint density at radius 1 is 0.762 bits per heavy atom. The van der Waals surface area contributed by atoms with Gasteiger partial charge in [-0.1, -0.05) is 22.6 Å². The average Bonchev–Trinajstić information content (AvgIpc) is 2.34. The van der Waals surface area contributed by atoms with E-state index < -0.39 is 0 Å². The Bertz CT molecular complexity index is 573. The van der Waals surface area contributed by atoms with Gasteiger partial charge in [-0.25, -0.2) is 0 Å². The molecule has 0 spiro atoms. The minimum atomic E-state index is 0.270. The molecule has 0 radical (unpaired) electrons. The van der Waals surface area contributed by atoms with Crippen LogP contribution in [0.1, 0.15) is 39.3 Å². The third kappa shape index (κ3) is 3.18. The van der Waals surface area contributed by atoms with E-state index in [1.165, 1.54) is 11.1 Å². The third-order valence-corrected chi connectivity index (χ3v) is 4.89. The van der Waals surface area contributed by atoms with Gasteiger partial charge in [0.15, 0.2) is 0 Å². The van der Waals surface area contributed by atoms with Gasteiger partial charge in [-0.05, 0) is 85.3 Å². The Labute approximate surface area is 140 Å². The van der Waals surface area contributed by atoms with Gasteiger partial charge in [-0.3, -0.25) is 0 Å². The maximum Gasteiger partial charge on any atom is 0.116 e. The fraction of sp³-hybridized carbons (Fsp3) is 0.333. The van der Waals surface area contributed by atoms with Gasteiger partial charge in [-0.15, -0.1) is 0 Å². The van der Waals surface area contributed by atoms with E-state index in [1.54, 1.807) is 0 Å². The fourth-order valence-electron chi connectivity index (χ4n) is 3.30. The van der Waals surface area contributed by atoms with Crippen molar-refractivity contribution in [1.82, 2.24) is 0 Å². The minimum Gasteiger partial charge on any atom is -0.508 e. The molecule has 0 unspecified atom stereocenters. The van der Waals surface area contributed by atoms with E-state index in [1.807, 2.05) is 52.0 Å². The lowest BCUT2D eigenvalue weighted by Gasteiger charge is -2.24. The maximum atomic E-state index is 9.75. The van der Waals surface area contributed by atoms with Crippen molar-refractivity contribution in [3.05, 3.63) is 57.6 Å². The molecule has 2 rings (SSSR count). The first kappa shape index (κ1) is 16.1. The number of halogens is 1. The number of aryl methyl sites for hydroxylation is 4. The van der Waals surface area contributed by atoms with Crippen molar-refractivity contribution in [2.24, 2.45) is 0 Å². The number of benzene rings is 2. The molecular formula is C18H21IO2. The molecule has 0 fully saturated rings. The van der Waals surface area contributed by atoms with Gasteiger partial charge in [0.05, 0.1) is 0 Å². The monoisotopic (exact) mass is 396 g/mol. The number of alkyl halides is 1. The van der Waals surface area contributed by atoms with Crippen LogP contribution >= 0.6 is 22.6 Å². The molecule has 3 heteroatoms. The van der Waals surface area contributed by atoms with Crippen LogP contribution in [0.3, 0.4) is 0 Å². The predicted octanol–water partition coefficient (Wildman–Crippen LogP) is 4.90. The lowest BCUT2D eigenvalue weighted by molar-refractivity contribution is 0.474. The van der Waals surface area contributed by atoms with E-state index >= 15 is 0 Å². The van der Waals surface area contributed by atoms with Crippen LogP contribution in [0.2, 0.25) is 0 Å². The second kappa shape index (κ2) is 6.26. The molecule has 0 bridgehead atoms. The molecule has 0 saturated heterocycles. The van der Waals surface area contributed by atoms with E-state index in [-0.39, 0.29) is 5.92 Å². The highest BCUT2D eigenvalue weighted by molar-refractivity contribution is 14.1. The Kier molecular flexibility index (Phi) is 4.81. The Morgan fingerprint density at radius 3 is 1.29 bits per heavy atom. The molecule has 2 aromatic rings. The zero-order valence-corrected chi connectivity index (χ0v) is 15.0. The van der Waals surface area contributed by atoms with Gasteiger partial charge in [-0.2, -0.15) is 0 Å². The lowest BCUT2D eigenvalue weighted by atomic mass is 9.83. The standard InChI is InChI=1S/C18H21IO2/c1-10-5-14(20)6-11(2)17(10)16(9-19)18-12(3)7-15(21)8-13(18)4/h5-8,16,20-21H,9H2,1-4H3. The van der Waals surface area contributed by atoms with E-state index in [9.17, 15) is 10.2 Å². The van der Waals surface area contributed by atoms with Crippen molar-refractivity contribution in [2.75, 3.05) is 4.43 Å². The quantitative estimate of drug-likeness (QED) is 0.573. The molecule has 21 heavy (non-hydrogen) atoms. The van der Waals surface area contributed by atoms with Crippen LogP contribution in [-0.4, -0.2) is 14.6 Å². The van der Waals surface area contributed by atoms with Crippen molar-refractivity contribution in [3.63, 3.8) is 0 Å². The summed E-state index contributed by atoms with van der Waals surface area (Å²) < 4.78 is 0.955. The fourth-order valence-corrected chi connectivity index (χ4v) is 4.18. The second-order valence-electron chi connectivity index (χ2n) is 5.69. The minimum absolute atomic E-state index is 0.270. The van der Waals surface area contributed by atoms with Crippen LogP contribution in [0.15, 0.2) is 24.3 Å². The summed E-state index contributed by atoms with van der Waals surface area (Å²) in [5, 5.41) is 19.5. The van der Waals surface area contributed by atoms with Crippen LogP contribution in [0.4, 0.5) is 0 Å². The molecule has 0 amide bonds.